The normalized spacial score (nSPS) is 10.9. The summed E-state index contributed by atoms with van der Waals surface area (Å²) in [4.78, 5) is 21.0. The highest BCUT2D eigenvalue weighted by atomic mass is 16.6. The number of aldehydes is 1. The van der Waals surface area contributed by atoms with Crippen molar-refractivity contribution in [3.8, 4) is 11.5 Å². The number of rotatable bonds is 5. The summed E-state index contributed by atoms with van der Waals surface area (Å²) in [6.45, 7) is 1.35. The lowest BCUT2D eigenvalue weighted by Crippen LogP contribution is -1.97. The van der Waals surface area contributed by atoms with Crippen LogP contribution in [0.2, 0.25) is 0 Å². The third-order valence-electron chi connectivity index (χ3n) is 2.37. The summed E-state index contributed by atoms with van der Waals surface area (Å²) in [5, 5.41) is 10.6. The van der Waals surface area contributed by atoms with Gasteiger partial charge in [-0.15, -0.1) is 0 Å². The number of benzene rings is 1. The Hall–Kier alpha value is -2.37. The number of carbonyl (C=O) groups is 1. The maximum atomic E-state index is 11.0. The lowest BCUT2D eigenvalue weighted by molar-refractivity contribution is -0.422. The van der Waals surface area contributed by atoms with Gasteiger partial charge in [0.05, 0.1) is 19.1 Å². The van der Waals surface area contributed by atoms with Crippen molar-refractivity contribution in [2.45, 2.75) is 6.92 Å². The molecule has 6 heteroatoms. The van der Waals surface area contributed by atoms with Gasteiger partial charge in [0, 0.05) is 18.6 Å². The first-order valence-electron chi connectivity index (χ1n) is 5.07. The molecular formula is C12H13NO5. The fraction of sp³-hybridized carbons (Fsp3) is 0.250. The van der Waals surface area contributed by atoms with Crippen LogP contribution in [-0.4, -0.2) is 25.4 Å². The smallest absolute Gasteiger partial charge is 0.243 e. The molecule has 0 saturated heterocycles. The fourth-order valence-electron chi connectivity index (χ4n) is 1.42. The Bertz CT molecular complexity index is 507. The minimum absolute atomic E-state index is 0.0645. The van der Waals surface area contributed by atoms with E-state index in [9.17, 15) is 14.9 Å². The maximum absolute atomic E-state index is 11.0. The third kappa shape index (κ3) is 2.85. The van der Waals surface area contributed by atoms with Gasteiger partial charge in [-0.3, -0.25) is 14.9 Å². The topological polar surface area (TPSA) is 78.7 Å². The van der Waals surface area contributed by atoms with Gasteiger partial charge in [0.25, 0.3) is 0 Å². The van der Waals surface area contributed by atoms with Gasteiger partial charge in [-0.05, 0) is 17.7 Å². The van der Waals surface area contributed by atoms with Crippen LogP contribution in [0.4, 0.5) is 0 Å². The van der Waals surface area contributed by atoms with E-state index in [0.717, 1.165) is 0 Å². The van der Waals surface area contributed by atoms with Gasteiger partial charge >= 0.3 is 0 Å². The Morgan fingerprint density at radius 1 is 1.22 bits per heavy atom. The predicted molar refractivity (Wildman–Crippen MR) is 65.6 cm³/mol. The van der Waals surface area contributed by atoms with Crippen molar-refractivity contribution in [3.05, 3.63) is 39.1 Å². The molecule has 18 heavy (non-hydrogen) atoms. The first-order valence-corrected chi connectivity index (χ1v) is 5.07. The molecule has 0 aliphatic heterocycles. The van der Waals surface area contributed by atoms with E-state index in [-0.39, 0.29) is 5.70 Å². The number of hydrogen-bond acceptors (Lipinski definition) is 5. The molecule has 0 fully saturated rings. The predicted octanol–water partition coefficient (Wildman–Crippen LogP) is 2.15. The number of allylic oxidation sites excluding steroid dienone is 1. The Morgan fingerprint density at radius 2 is 1.72 bits per heavy atom. The Balaban J connectivity index is 3.39. The van der Waals surface area contributed by atoms with E-state index in [4.69, 9.17) is 9.47 Å². The number of methoxy groups -OCH3 is 2. The van der Waals surface area contributed by atoms with Crippen LogP contribution in [0.15, 0.2) is 17.8 Å². The average Bonchev–Trinajstić information content (AvgIpc) is 2.37. The molecule has 0 aliphatic rings. The van der Waals surface area contributed by atoms with Gasteiger partial charge in [-0.2, -0.15) is 0 Å². The van der Waals surface area contributed by atoms with Gasteiger partial charge in [0.15, 0.2) is 17.8 Å². The maximum Gasteiger partial charge on any atom is 0.243 e. The molecule has 0 aliphatic carbocycles. The minimum atomic E-state index is -0.523. The highest BCUT2D eigenvalue weighted by molar-refractivity contribution is 5.84. The minimum Gasteiger partial charge on any atom is -0.493 e. The zero-order valence-corrected chi connectivity index (χ0v) is 10.3. The molecule has 0 unspecified atom stereocenters. The number of ether oxygens (including phenoxy) is 2. The van der Waals surface area contributed by atoms with Crippen LogP contribution in [0.5, 0.6) is 11.5 Å². The Kier molecular flexibility index (Phi) is 4.42. The summed E-state index contributed by atoms with van der Waals surface area (Å²) in [5.74, 6) is 0.806. The summed E-state index contributed by atoms with van der Waals surface area (Å²) in [5.41, 5.74) is 0.649. The SMILES string of the molecule is COc1cc(C=O)c(/C=C(\C)[N+](=O)[O-])cc1OC. The van der Waals surface area contributed by atoms with Crippen molar-refractivity contribution < 1.29 is 19.2 Å². The van der Waals surface area contributed by atoms with Gasteiger partial charge in [-0.25, -0.2) is 0 Å². The molecule has 0 aromatic heterocycles. The zero-order chi connectivity index (χ0) is 13.7. The zero-order valence-electron chi connectivity index (χ0n) is 10.3. The van der Waals surface area contributed by atoms with E-state index >= 15 is 0 Å². The monoisotopic (exact) mass is 251 g/mol. The number of nitrogens with zero attached hydrogens (tertiary/aromatic N) is 1. The third-order valence-corrected chi connectivity index (χ3v) is 2.37. The number of carbonyl (C=O) groups excluding carboxylic acids is 1. The first kappa shape index (κ1) is 13.7. The lowest BCUT2D eigenvalue weighted by atomic mass is 10.1. The van der Waals surface area contributed by atoms with Crippen LogP contribution in [0.1, 0.15) is 22.8 Å². The molecule has 6 nitrogen and oxygen atoms in total. The van der Waals surface area contributed by atoms with E-state index < -0.39 is 4.92 Å². The molecule has 0 amide bonds. The standard InChI is InChI=1S/C12H13NO5/c1-8(13(15)16)4-9-5-11(17-2)12(18-3)6-10(9)7-14/h4-7H,1-3H3/b8-4+. The molecule has 1 aromatic carbocycles. The van der Waals surface area contributed by atoms with E-state index in [1.54, 1.807) is 0 Å². The molecule has 0 saturated carbocycles. The van der Waals surface area contributed by atoms with Gasteiger partial charge < -0.3 is 9.47 Å². The lowest BCUT2D eigenvalue weighted by Gasteiger charge is -2.09. The second-order valence-corrected chi connectivity index (χ2v) is 3.50. The highest BCUT2D eigenvalue weighted by Crippen LogP contribution is 2.30. The van der Waals surface area contributed by atoms with Crippen LogP contribution in [-0.2, 0) is 0 Å². The van der Waals surface area contributed by atoms with Gasteiger partial charge in [-0.1, -0.05) is 0 Å². The first-order chi connectivity index (χ1) is 8.53. The van der Waals surface area contributed by atoms with Crippen molar-refractivity contribution in [3.63, 3.8) is 0 Å². The molecule has 1 aromatic rings. The fourth-order valence-corrected chi connectivity index (χ4v) is 1.42. The summed E-state index contributed by atoms with van der Waals surface area (Å²) < 4.78 is 10.1. The van der Waals surface area contributed by atoms with Crippen LogP contribution >= 0.6 is 0 Å². The van der Waals surface area contributed by atoms with Crippen molar-refractivity contribution in [1.29, 1.82) is 0 Å². The molecule has 0 atom stereocenters. The molecular weight excluding hydrogens is 238 g/mol. The van der Waals surface area contributed by atoms with Crippen LogP contribution in [0.3, 0.4) is 0 Å². The molecule has 0 bridgehead atoms. The van der Waals surface area contributed by atoms with Crippen molar-refractivity contribution in [2.24, 2.45) is 0 Å². The second-order valence-electron chi connectivity index (χ2n) is 3.50. The highest BCUT2D eigenvalue weighted by Gasteiger charge is 2.11. The van der Waals surface area contributed by atoms with E-state index in [1.165, 1.54) is 39.4 Å². The molecule has 0 spiro atoms. The van der Waals surface area contributed by atoms with Gasteiger partial charge in [0.2, 0.25) is 5.70 Å². The summed E-state index contributed by atoms with van der Waals surface area (Å²) >= 11 is 0. The molecule has 0 radical (unpaired) electrons. The summed E-state index contributed by atoms with van der Waals surface area (Å²) in [6.07, 6.45) is 1.92. The Morgan fingerprint density at radius 3 is 2.11 bits per heavy atom. The van der Waals surface area contributed by atoms with Crippen LogP contribution < -0.4 is 9.47 Å². The quantitative estimate of drug-likeness (QED) is 0.455. The summed E-state index contributed by atoms with van der Waals surface area (Å²) in [6, 6.07) is 3.00. The number of nitro groups is 1. The summed E-state index contributed by atoms with van der Waals surface area (Å²) in [7, 11) is 2.90. The molecule has 1 rings (SSSR count). The van der Waals surface area contributed by atoms with Crippen molar-refractivity contribution in [2.75, 3.05) is 14.2 Å². The van der Waals surface area contributed by atoms with Gasteiger partial charge in [0.1, 0.15) is 0 Å². The van der Waals surface area contributed by atoms with Crippen LogP contribution in [0.25, 0.3) is 6.08 Å². The average molecular weight is 251 g/mol. The van der Waals surface area contributed by atoms with Crippen molar-refractivity contribution in [1.82, 2.24) is 0 Å². The number of hydrogen-bond donors (Lipinski definition) is 0. The second kappa shape index (κ2) is 5.81. The van der Waals surface area contributed by atoms with E-state index in [1.807, 2.05) is 0 Å². The van der Waals surface area contributed by atoms with E-state index in [0.29, 0.717) is 28.9 Å². The van der Waals surface area contributed by atoms with Crippen molar-refractivity contribution >= 4 is 12.4 Å². The Labute approximate surface area is 104 Å². The van der Waals surface area contributed by atoms with E-state index in [2.05, 4.69) is 0 Å². The molecule has 0 N–H and O–H groups in total. The van der Waals surface area contributed by atoms with Crippen LogP contribution in [0, 0.1) is 10.1 Å². The molecule has 0 heterocycles. The largest absolute Gasteiger partial charge is 0.493 e. The molecule has 96 valence electrons.